The van der Waals surface area contributed by atoms with Crippen molar-refractivity contribution >= 4 is 11.9 Å². The minimum atomic E-state index is -0.820. The molecule has 0 radical (unpaired) electrons. The second kappa shape index (κ2) is 7.46. The Morgan fingerprint density at radius 1 is 1.32 bits per heavy atom. The summed E-state index contributed by atoms with van der Waals surface area (Å²) in [5, 5.41) is 9.28. The van der Waals surface area contributed by atoms with E-state index in [0.29, 0.717) is 38.5 Å². The van der Waals surface area contributed by atoms with Gasteiger partial charge in [0.1, 0.15) is 5.75 Å². The molecule has 1 saturated heterocycles. The number of amides is 1. The van der Waals surface area contributed by atoms with Gasteiger partial charge >= 0.3 is 5.97 Å². The number of rotatable bonds is 6. The molecule has 1 heterocycles. The van der Waals surface area contributed by atoms with Crippen molar-refractivity contribution in [3.05, 3.63) is 29.8 Å². The van der Waals surface area contributed by atoms with Gasteiger partial charge in [0.2, 0.25) is 5.91 Å². The van der Waals surface area contributed by atoms with E-state index < -0.39 is 11.4 Å². The number of aryl methyl sites for hydroxylation is 1. The third-order valence-electron chi connectivity index (χ3n) is 5.47. The first-order valence-corrected chi connectivity index (χ1v) is 9.23. The molecule has 1 aromatic carbocycles. The van der Waals surface area contributed by atoms with E-state index in [-0.39, 0.29) is 5.91 Å². The maximum atomic E-state index is 12.4. The first kappa shape index (κ1) is 17.8. The number of likely N-dealkylation sites (tertiary alicyclic amines) is 1. The summed E-state index contributed by atoms with van der Waals surface area (Å²) in [7, 11) is 0. The van der Waals surface area contributed by atoms with Gasteiger partial charge in [-0.3, -0.25) is 9.59 Å². The molecular weight excluding hydrogens is 318 g/mol. The number of benzene rings is 1. The van der Waals surface area contributed by atoms with Gasteiger partial charge < -0.3 is 14.7 Å². The summed E-state index contributed by atoms with van der Waals surface area (Å²) >= 11 is 0. The molecule has 5 heteroatoms. The number of nitrogens with zero attached hydrogens (tertiary/aromatic N) is 1. The number of carbonyl (C=O) groups is 2. The highest BCUT2D eigenvalue weighted by Crippen LogP contribution is 2.30. The molecule has 0 spiro atoms. The highest BCUT2D eigenvalue weighted by molar-refractivity contribution is 5.80. The second-order valence-electron chi connectivity index (χ2n) is 7.60. The van der Waals surface area contributed by atoms with E-state index in [1.54, 1.807) is 11.8 Å². The first-order chi connectivity index (χ1) is 12.0. The summed E-state index contributed by atoms with van der Waals surface area (Å²) in [6.07, 6.45) is 6.64. The predicted molar refractivity (Wildman–Crippen MR) is 94.6 cm³/mol. The lowest BCUT2D eigenvalue weighted by molar-refractivity contribution is -0.147. The zero-order valence-corrected chi connectivity index (χ0v) is 14.9. The Morgan fingerprint density at radius 2 is 2.08 bits per heavy atom. The Morgan fingerprint density at radius 3 is 2.76 bits per heavy atom. The van der Waals surface area contributed by atoms with Gasteiger partial charge in [0.05, 0.1) is 11.5 Å². The standard InChI is InChI=1S/C20H27NO4/c1-20(19(23)24)11-12-21(14-20)18(22)10-9-15-5-4-8-17(13-15)25-16-6-2-3-7-16/h4-5,8,13,16H,2-3,6-7,9-12,14H2,1H3,(H,23,24)/t20-/m0/s1. The van der Waals surface area contributed by atoms with Crippen LogP contribution in [0, 0.1) is 5.41 Å². The summed E-state index contributed by atoms with van der Waals surface area (Å²) in [5.74, 6) is 0.100. The van der Waals surface area contributed by atoms with Crippen molar-refractivity contribution in [1.29, 1.82) is 0 Å². The van der Waals surface area contributed by atoms with E-state index >= 15 is 0 Å². The van der Waals surface area contributed by atoms with Crippen molar-refractivity contribution in [2.45, 2.75) is 58.0 Å². The van der Waals surface area contributed by atoms with E-state index in [0.717, 1.165) is 24.2 Å². The molecule has 3 rings (SSSR count). The molecule has 1 N–H and O–H groups in total. The number of carbonyl (C=O) groups excluding carboxylic acids is 1. The summed E-state index contributed by atoms with van der Waals surface area (Å²) < 4.78 is 6.02. The van der Waals surface area contributed by atoms with Crippen LogP contribution in [0.1, 0.15) is 51.0 Å². The Labute approximate surface area is 149 Å². The van der Waals surface area contributed by atoms with Gasteiger partial charge in [-0.1, -0.05) is 12.1 Å². The Balaban J connectivity index is 1.51. The van der Waals surface area contributed by atoms with Crippen LogP contribution in [0.25, 0.3) is 0 Å². The first-order valence-electron chi connectivity index (χ1n) is 9.23. The molecule has 1 atom stereocenters. The largest absolute Gasteiger partial charge is 0.490 e. The van der Waals surface area contributed by atoms with Crippen LogP contribution in [-0.2, 0) is 16.0 Å². The molecule has 1 aliphatic heterocycles. The van der Waals surface area contributed by atoms with E-state index in [1.807, 2.05) is 24.3 Å². The van der Waals surface area contributed by atoms with Crippen LogP contribution in [0.5, 0.6) is 5.75 Å². The van der Waals surface area contributed by atoms with Crippen molar-refractivity contribution < 1.29 is 19.4 Å². The second-order valence-corrected chi connectivity index (χ2v) is 7.60. The number of hydrogen-bond acceptors (Lipinski definition) is 3. The van der Waals surface area contributed by atoms with Crippen molar-refractivity contribution in [3.63, 3.8) is 0 Å². The van der Waals surface area contributed by atoms with E-state index in [4.69, 9.17) is 4.74 Å². The number of aliphatic carboxylic acids is 1. The predicted octanol–water partition coefficient (Wildman–Crippen LogP) is 3.26. The zero-order chi connectivity index (χ0) is 17.9. The highest BCUT2D eigenvalue weighted by atomic mass is 16.5. The SMILES string of the molecule is C[C@]1(C(=O)O)CCN(C(=O)CCc2cccc(OC3CCCC3)c2)C1. The Kier molecular flexibility index (Phi) is 5.30. The molecule has 5 nitrogen and oxygen atoms in total. The van der Waals surface area contributed by atoms with Gasteiger partial charge in [-0.05, 0) is 63.1 Å². The average Bonchev–Trinajstić information content (AvgIpc) is 3.23. The third-order valence-corrected chi connectivity index (χ3v) is 5.47. The molecule has 0 unspecified atom stereocenters. The molecule has 1 aromatic rings. The van der Waals surface area contributed by atoms with Crippen LogP contribution in [0.2, 0.25) is 0 Å². The maximum absolute atomic E-state index is 12.4. The Bertz CT molecular complexity index is 638. The number of carboxylic acids is 1. The fourth-order valence-electron chi connectivity index (χ4n) is 3.73. The van der Waals surface area contributed by atoms with Gasteiger partial charge in [0, 0.05) is 19.5 Å². The number of hydrogen-bond donors (Lipinski definition) is 1. The molecule has 25 heavy (non-hydrogen) atoms. The van der Waals surface area contributed by atoms with Crippen molar-refractivity contribution in [3.8, 4) is 5.75 Å². The minimum Gasteiger partial charge on any atom is -0.490 e. The smallest absolute Gasteiger partial charge is 0.311 e. The lowest BCUT2D eigenvalue weighted by Gasteiger charge is -2.20. The fraction of sp³-hybridized carbons (Fsp3) is 0.600. The molecule has 1 saturated carbocycles. The average molecular weight is 345 g/mol. The summed E-state index contributed by atoms with van der Waals surface area (Å²) in [6.45, 7) is 2.56. The molecule has 136 valence electrons. The maximum Gasteiger partial charge on any atom is 0.311 e. The van der Waals surface area contributed by atoms with Gasteiger partial charge in [-0.2, -0.15) is 0 Å². The van der Waals surface area contributed by atoms with E-state index in [2.05, 4.69) is 0 Å². The lowest BCUT2D eigenvalue weighted by atomic mass is 9.90. The van der Waals surface area contributed by atoms with Crippen molar-refractivity contribution in [2.24, 2.45) is 5.41 Å². The highest BCUT2D eigenvalue weighted by Gasteiger charge is 2.41. The minimum absolute atomic E-state index is 0.0343. The van der Waals surface area contributed by atoms with Gasteiger partial charge in [-0.15, -0.1) is 0 Å². The lowest BCUT2D eigenvalue weighted by Crippen LogP contribution is -2.34. The molecule has 2 aliphatic rings. The fourth-order valence-corrected chi connectivity index (χ4v) is 3.73. The van der Waals surface area contributed by atoms with E-state index in [1.165, 1.54) is 12.8 Å². The summed E-state index contributed by atoms with van der Waals surface area (Å²) in [4.78, 5) is 25.4. The number of ether oxygens (including phenoxy) is 1. The third kappa shape index (κ3) is 4.33. The normalized spacial score (nSPS) is 23.8. The zero-order valence-electron chi connectivity index (χ0n) is 14.9. The summed E-state index contributed by atoms with van der Waals surface area (Å²) in [6, 6.07) is 7.99. The van der Waals surface area contributed by atoms with Crippen molar-refractivity contribution in [2.75, 3.05) is 13.1 Å². The van der Waals surface area contributed by atoms with Gasteiger partial charge in [0.15, 0.2) is 0 Å². The molecule has 1 amide bonds. The van der Waals surface area contributed by atoms with Crippen LogP contribution >= 0.6 is 0 Å². The molecule has 2 fully saturated rings. The van der Waals surface area contributed by atoms with E-state index in [9.17, 15) is 14.7 Å². The quantitative estimate of drug-likeness (QED) is 0.859. The molecule has 0 aromatic heterocycles. The molecular formula is C20H27NO4. The van der Waals surface area contributed by atoms with Crippen LogP contribution in [0.3, 0.4) is 0 Å². The monoisotopic (exact) mass is 345 g/mol. The van der Waals surface area contributed by atoms with Crippen molar-refractivity contribution in [1.82, 2.24) is 4.90 Å². The van der Waals surface area contributed by atoms with Gasteiger partial charge in [0.25, 0.3) is 0 Å². The molecule has 1 aliphatic carbocycles. The van der Waals surface area contributed by atoms with Crippen LogP contribution in [-0.4, -0.2) is 41.1 Å². The van der Waals surface area contributed by atoms with Gasteiger partial charge in [-0.25, -0.2) is 0 Å². The summed E-state index contributed by atoms with van der Waals surface area (Å²) in [5.41, 5.74) is 0.286. The number of carboxylic acid groups (broad SMARTS) is 1. The van der Waals surface area contributed by atoms with Crippen LogP contribution < -0.4 is 4.74 Å². The van der Waals surface area contributed by atoms with Crippen LogP contribution in [0.4, 0.5) is 0 Å². The topological polar surface area (TPSA) is 66.8 Å². The van der Waals surface area contributed by atoms with Crippen LogP contribution in [0.15, 0.2) is 24.3 Å². The Hall–Kier alpha value is -2.04. The molecule has 0 bridgehead atoms.